The standard InChI is InChI=1S/C24H30N4O3/c1-5-12-27(15-17-10-8-7-9-11-17)23(30)18-14-19(16(3)4)25-21-20(18)22(29)26-24(31)28(21)13-6-2/h7-11,14,16H,5-6,12-13,15H2,1-4H3,(H,26,29,31). The van der Waals surface area contributed by atoms with Crippen molar-refractivity contribution in [2.45, 2.75) is 59.5 Å². The number of aryl methyl sites for hydroxylation is 1. The summed E-state index contributed by atoms with van der Waals surface area (Å²) in [5, 5.41) is 0.177. The molecule has 1 amide bonds. The number of carbonyl (C=O) groups is 1. The molecule has 2 heterocycles. The molecule has 0 unspecified atom stereocenters. The van der Waals surface area contributed by atoms with Crippen molar-refractivity contribution in [3.05, 3.63) is 74.1 Å². The average molecular weight is 423 g/mol. The first-order valence-corrected chi connectivity index (χ1v) is 10.9. The van der Waals surface area contributed by atoms with E-state index in [1.165, 1.54) is 4.57 Å². The van der Waals surface area contributed by atoms with Gasteiger partial charge in [-0.05, 0) is 30.4 Å². The molecule has 2 aromatic heterocycles. The molecular formula is C24H30N4O3. The Hall–Kier alpha value is -3.22. The first kappa shape index (κ1) is 22.5. The number of hydrogen-bond donors (Lipinski definition) is 1. The molecule has 0 aliphatic heterocycles. The molecule has 0 aliphatic carbocycles. The van der Waals surface area contributed by atoms with Gasteiger partial charge in [0, 0.05) is 25.3 Å². The minimum Gasteiger partial charge on any atom is -0.334 e. The van der Waals surface area contributed by atoms with Crippen LogP contribution in [0.1, 0.15) is 68.1 Å². The fraction of sp³-hybridized carbons (Fsp3) is 0.417. The van der Waals surface area contributed by atoms with E-state index in [9.17, 15) is 14.4 Å². The molecule has 7 nitrogen and oxygen atoms in total. The van der Waals surface area contributed by atoms with E-state index in [-0.39, 0.29) is 22.9 Å². The molecule has 0 bridgehead atoms. The third kappa shape index (κ3) is 4.76. The van der Waals surface area contributed by atoms with Gasteiger partial charge in [0.05, 0.1) is 10.9 Å². The third-order valence-corrected chi connectivity index (χ3v) is 5.23. The molecule has 1 N–H and O–H groups in total. The smallest absolute Gasteiger partial charge is 0.329 e. The van der Waals surface area contributed by atoms with Crippen LogP contribution >= 0.6 is 0 Å². The number of carbonyl (C=O) groups excluding carboxylic acids is 1. The highest BCUT2D eigenvalue weighted by Crippen LogP contribution is 2.22. The quantitative estimate of drug-likeness (QED) is 0.600. The molecule has 3 rings (SSSR count). The highest BCUT2D eigenvalue weighted by atomic mass is 16.2. The maximum absolute atomic E-state index is 13.7. The molecule has 0 atom stereocenters. The topological polar surface area (TPSA) is 88.1 Å². The first-order chi connectivity index (χ1) is 14.9. The number of aromatic nitrogens is 3. The fourth-order valence-corrected chi connectivity index (χ4v) is 3.69. The van der Waals surface area contributed by atoms with Gasteiger partial charge in [0.2, 0.25) is 0 Å². The Morgan fingerprint density at radius 3 is 2.45 bits per heavy atom. The predicted octanol–water partition coefficient (Wildman–Crippen LogP) is 3.67. The molecule has 164 valence electrons. The molecule has 3 aromatic rings. The summed E-state index contributed by atoms with van der Waals surface area (Å²) in [7, 11) is 0. The van der Waals surface area contributed by atoms with Gasteiger partial charge in [0.1, 0.15) is 0 Å². The molecule has 0 aliphatic rings. The van der Waals surface area contributed by atoms with E-state index >= 15 is 0 Å². The monoisotopic (exact) mass is 422 g/mol. The van der Waals surface area contributed by atoms with E-state index in [0.717, 1.165) is 12.0 Å². The zero-order valence-electron chi connectivity index (χ0n) is 18.6. The van der Waals surface area contributed by atoms with Gasteiger partial charge in [-0.2, -0.15) is 0 Å². The van der Waals surface area contributed by atoms with E-state index in [2.05, 4.69) is 9.97 Å². The highest BCUT2D eigenvalue weighted by Gasteiger charge is 2.24. The van der Waals surface area contributed by atoms with Crippen LogP contribution in [0.3, 0.4) is 0 Å². The summed E-state index contributed by atoms with van der Waals surface area (Å²) in [4.78, 5) is 47.7. The summed E-state index contributed by atoms with van der Waals surface area (Å²) < 4.78 is 1.46. The summed E-state index contributed by atoms with van der Waals surface area (Å²) in [6.45, 7) is 9.34. The molecule has 0 saturated heterocycles. The number of aromatic amines is 1. The number of hydrogen-bond acceptors (Lipinski definition) is 4. The Morgan fingerprint density at radius 2 is 1.84 bits per heavy atom. The van der Waals surface area contributed by atoms with Crippen LogP contribution in [0, 0.1) is 0 Å². The summed E-state index contributed by atoms with van der Waals surface area (Å²) in [5.74, 6) is -0.193. The van der Waals surface area contributed by atoms with Crippen LogP contribution in [-0.4, -0.2) is 31.9 Å². The number of nitrogens with zero attached hydrogens (tertiary/aromatic N) is 3. The van der Waals surface area contributed by atoms with Crippen LogP contribution in [0.4, 0.5) is 0 Å². The molecule has 0 spiro atoms. The maximum atomic E-state index is 13.7. The maximum Gasteiger partial charge on any atom is 0.329 e. The second-order valence-electron chi connectivity index (χ2n) is 8.07. The molecular weight excluding hydrogens is 392 g/mol. The van der Waals surface area contributed by atoms with Crippen molar-refractivity contribution in [3.8, 4) is 0 Å². The van der Waals surface area contributed by atoms with Gasteiger partial charge in [-0.1, -0.05) is 58.0 Å². The molecule has 31 heavy (non-hydrogen) atoms. The van der Waals surface area contributed by atoms with Crippen molar-refractivity contribution in [3.63, 3.8) is 0 Å². The number of pyridine rings is 1. The number of fused-ring (bicyclic) bond motifs is 1. The van der Waals surface area contributed by atoms with Crippen molar-refractivity contribution in [1.29, 1.82) is 0 Å². The van der Waals surface area contributed by atoms with Crippen LogP contribution in [-0.2, 0) is 13.1 Å². The van der Waals surface area contributed by atoms with Gasteiger partial charge in [-0.15, -0.1) is 0 Å². The Kier molecular flexibility index (Phi) is 7.05. The van der Waals surface area contributed by atoms with Crippen LogP contribution in [0.2, 0.25) is 0 Å². The number of H-pyrrole nitrogens is 1. The summed E-state index contributed by atoms with van der Waals surface area (Å²) in [6.07, 6.45) is 1.49. The first-order valence-electron chi connectivity index (χ1n) is 10.9. The Balaban J connectivity index is 2.23. The molecule has 0 radical (unpaired) electrons. The zero-order valence-corrected chi connectivity index (χ0v) is 18.6. The largest absolute Gasteiger partial charge is 0.334 e. The van der Waals surface area contributed by atoms with Gasteiger partial charge in [0.15, 0.2) is 5.65 Å². The lowest BCUT2D eigenvalue weighted by molar-refractivity contribution is 0.0745. The van der Waals surface area contributed by atoms with E-state index < -0.39 is 11.2 Å². The number of nitrogens with one attached hydrogen (secondary N) is 1. The zero-order chi connectivity index (χ0) is 22.5. The van der Waals surface area contributed by atoms with E-state index in [1.807, 2.05) is 58.0 Å². The van der Waals surface area contributed by atoms with Gasteiger partial charge in [0.25, 0.3) is 11.5 Å². The number of amides is 1. The second kappa shape index (κ2) is 9.73. The molecule has 0 fully saturated rings. The van der Waals surface area contributed by atoms with Gasteiger partial charge in [-0.3, -0.25) is 19.1 Å². The summed E-state index contributed by atoms with van der Waals surface area (Å²) in [5.41, 5.74) is 1.20. The minimum absolute atomic E-state index is 0.0363. The fourth-order valence-electron chi connectivity index (χ4n) is 3.69. The average Bonchev–Trinajstić information content (AvgIpc) is 2.75. The number of rotatable bonds is 8. The second-order valence-corrected chi connectivity index (χ2v) is 8.07. The van der Waals surface area contributed by atoms with Gasteiger partial charge < -0.3 is 4.90 Å². The van der Waals surface area contributed by atoms with Crippen molar-refractivity contribution >= 4 is 16.9 Å². The predicted molar refractivity (Wildman–Crippen MR) is 122 cm³/mol. The summed E-state index contributed by atoms with van der Waals surface area (Å²) >= 11 is 0. The van der Waals surface area contributed by atoms with Crippen LogP contribution < -0.4 is 11.2 Å². The Labute approximate surface area is 181 Å². The van der Waals surface area contributed by atoms with Crippen molar-refractivity contribution in [2.24, 2.45) is 0 Å². The normalized spacial score (nSPS) is 11.3. The van der Waals surface area contributed by atoms with Crippen LogP contribution in [0.25, 0.3) is 11.0 Å². The Morgan fingerprint density at radius 1 is 1.13 bits per heavy atom. The summed E-state index contributed by atoms with van der Waals surface area (Å²) in [6, 6.07) is 11.5. The Bertz CT molecular complexity index is 1180. The van der Waals surface area contributed by atoms with E-state index in [0.29, 0.717) is 37.3 Å². The van der Waals surface area contributed by atoms with Gasteiger partial charge >= 0.3 is 5.69 Å². The van der Waals surface area contributed by atoms with Crippen molar-refractivity contribution in [1.82, 2.24) is 19.4 Å². The minimum atomic E-state index is -0.574. The molecule has 1 aromatic carbocycles. The van der Waals surface area contributed by atoms with Crippen LogP contribution in [0.15, 0.2) is 46.0 Å². The number of benzene rings is 1. The van der Waals surface area contributed by atoms with Crippen LogP contribution in [0.5, 0.6) is 0 Å². The lowest BCUT2D eigenvalue weighted by Gasteiger charge is -2.24. The van der Waals surface area contributed by atoms with Crippen molar-refractivity contribution in [2.75, 3.05) is 6.54 Å². The lowest BCUT2D eigenvalue weighted by Crippen LogP contribution is -2.35. The highest BCUT2D eigenvalue weighted by molar-refractivity contribution is 6.05. The lowest BCUT2D eigenvalue weighted by atomic mass is 10.0. The SMILES string of the molecule is CCCN(Cc1ccccc1)C(=O)c1cc(C(C)C)nc2c1c(=O)[nH]c(=O)n2CCC. The van der Waals surface area contributed by atoms with E-state index in [4.69, 9.17) is 0 Å². The van der Waals surface area contributed by atoms with Crippen molar-refractivity contribution < 1.29 is 4.79 Å². The molecule has 0 saturated carbocycles. The van der Waals surface area contributed by atoms with E-state index in [1.54, 1.807) is 11.0 Å². The van der Waals surface area contributed by atoms with Gasteiger partial charge in [-0.25, -0.2) is 9.78 Å². The third-order valence-electron chi connectivity index (χ3n) is 5.23. The molecule has 7 heteroatoms.